The van der Waals surface area contributed by atoms with Crippen LogP contribution in [0.3, 0.4) is 0 Å². The van der Waals surface area contributed by atoms with E-state index in [4.69, 9.17) is 16.7 Å². The molecule has 2 N–H and O–H groups in total. The third kappa shape index (κ3) is 6.53. The van der Waals surface area contributed by atoms with Gasteiger partial charge in [0.15, 0.2) is 0 Å². The van der Waals surface area contributed by atoms with E-state index in [0.717, 1.165) is 32.2 Å². The number of hydrogen-bond acceptors (Lipinski definition) is 4. The van der Waals surface area contributed by atoms with E-state index in [1.165, 1.54) is 11.1 Å². The van der Waals surface area contributed by atoms with Crippen molar-refractivity contribution in [3.63, 3.8) is 0 Å². The van der Waals surface area contributed by atoms with Gasteiger partial charge in [-0.1, -0.05) is 35.9 Å². The summed E-state index contributed by atoms with van der Waals surface area (Å²) in [6.45, 7) is 0.971. The van der Waals surface area contributed by atoms with Crippen LogP contribution in [0, 0.1) is 0 Å². The highest BCUT2D eigenvalue weighted by Crippen LogP contribution is 2.35. The first-order valence-electron chi connectivity index (χ1n) is 11.0. The van der Waals surface area contributed by atoms with E-state index in [9.17, 15) is 9.90 Å². The second-order valence-electron chi connectivity index (χ2n) is 8.70. The van der Waals surface area contributed by atoms with Gasteiger partial charge in [0.25, 0.3) is 5.91 Å². The second kappa shape index (κ2) is 11.1. The summed E-state index contributed by atoms with van der Waals surface area (Å²) < 4.78 is 0. The van der Waals surface area contributed by atoms with Crippen molar-refractivity contribution in [2.75, 3.05) is 27.2 Å². The van der Waals surface area contributed by atoms with Crippen LogP contribution in [-0.4, -0.2) is 65.3 Å². The molecule has 0 saturated heterocycles. The predicted octanol–water partition coefficient (Wildman–Crippen LogP) is 3.92. The highest BCUT2D eigenvalue weighted by atomic mass is 35.5. The third-order valence-corrected chi connectivity index (χ3v) is 6.54. The number of likely N-dealkylation sites (N-methyl/N-ethyl adjacent to an activating group) is 1. The number of nitrogens with zero attached hydrogens (tertiary/aromatic N) is 2. The molecule has 1 fully saturated rings. The minimum atomic E-state index is -0.704. The smallest absolute Gasteiger partial charge is 0.253 e. The lowest BCUT2D eigenvalue weighted by atomic mass is 9.81. The van der Waals surface area contributed by atoms with E-state index in [1.54, 1.807) is 24.3 Å². The quantitative estimate of drug-likeness (QED) is 0.647. The van der Waals surface area contributed by atoms with Crippen LogP contribution in [0.15, 0.2) is 48.5 Å². The van der Waals surface area contributed by atoms with Crippen LogP contribution in [0.1, 0.15) is 53.1 Å². The molecule has 2 aromatic rings. The minimum Gasteiger partial charge on any atom is -0.394 e. The SMILES string of the molecule is CN(Cc1ccc([C@H]2CC[C@H](N(C)C(=O)c3ccc(Cl)cc3)CC2)cc1)C[C@H](O)CO. The van der Waals surface area contributed by atoms with Crippen molar-refractivity contribution in [2.24, 2.45) is 0 Å². The predicted molar refractivity (Wildman–Crippen MR) is 124 cm³/mol. The zero-order valence-corrected chi connectivity index (χ0v) is 19.1. The molecule has 1 amide bonds. The summed E-state index contributed by atoms with van der Waals surface area (Å²) >= 11 is 5.93. The van der Waals surface area contributed by atoms with Gasteiger partial charge in [-0.15, -0.1) is 0 Å². The molecule has 1 aliphatic rings. The Morgan fingerprint density at radius 3 is 2.23 bits per heavy atom. The summed E-state index contributed by atoms with van der Waals surface area (Å²) in [5, 5.41) is 19.2. The van der Waals surface area contributed by atoms with Gasteiger partial charge in [-0.3, -0.25) is 9.69 Å². The van der Waals surface area contributed by atoms with Gasteiger partial charge in [-0.05, 0) is 74.0 Å². The lowest BCUT2D eigenvalue weighted by Crippen LogP contribution is -2.39. The maximum atomic E-state index is 12.8. The number of benzene rings is 2. The van der Waals surface area contributed by atoms with Crippen molar-refractivity contribution >= 4 is 17.5 Å². The molecule has 31 heavy (non-hydrogen) atoms. The fraction of sp³-hybridized carbons (Fsp3) is 0.480. The zero-order valence-electron chi connectivity index (χ0n) is 18.4. The van der Waals surface area contributed by atoms with E-state index in [-0.39, 0.29) is 18.6 Å². The molecular weight excluding hydrogens is 412 g/mol. The fourth-order valence-electron chi connectivity index (χ4n) is 4.45. The average molecular weight is 445 g/mol. The van der Waals surface area contributed by atoms with Crippen LogP contribution in [0.4, 0.5) is 0 Å². The first-order valence-corrected chi connectivity index (χ1v) is 11.3. The average Bonchev–Trinajstić information content (AvgIpc) is 2.79. The fourth-order valence-corrected chi connectivity index (χ4v) is 4.57. The molecule has 168 valence electrons. The van der Waals surface area contributed by atoms with Gasteiger partial charge in [0.05, 0.1) is 12.7 Å². The Bertz CT molecular complexity index is 833. The molecular formula is C25H33ClN2O3. The van der Waals surface area contributed by atoms with Gasteiger partial charge in [0, 0.05) is 36.8 Å². The van der Waals surface area contributed by atoms with Crippen LogP contribution in [0.2, 0.25) is 5.02 Å². The highest BCUT2D eigenvalue weighted by Gasteiger charge is 2.27. The van der Waals surface area contributed by atoms with Crippen LogP contribution in [0.5, 0.6) is 0 Å². The maximum Gasteiger partial charge on any atom is 0.253 e. The number of carbonyl (C=O) groups is 1. The monoisotopic (exact) mass is 444 g/mol. The van der Waals surface area contributed by atoms with E-state index in [0.29, 0.717) is 23.0 Å². The lowest BCUT2D eigenvalue weighted by Gasteiger charge is -2.35. The van der Waals surface area contributed by atoms with Crippen LogP contribution in [0.25, 0.3) is 0 Å². The number of carbonyl (C=O) groups excluding carboxylic acids is 1. The normalized spacial score (nSPS) is 19.9. The van der Waals surface area contributed by atoms with Crippen molar-refractivity contribution in [2.45, 2.75) is 50.3 Å². The van der Waals surface area contributed by atoms with Crippen LogP contribution in [-0.2, 0) is 6.54 Å². The van der Waals surface area contributed by atoms with Crippen molar-refractivity contribution in [1.29, 1.82) is 0 Å². The Morgan fingerprint density at radius 2 is 1.65 bits per heavy atom. The summed E-state index contributed by atoms with van der Waals surface area (Å²) in [6.07, 6.45) is 3.45. The zero-order chi connectivity index (χ0) is 22.4. The minimum absolute atomic E-state index is 0.0555. The number of hydrogen-bond donors (Lipinski definition) is 2. The molecule has 1 atom stereocenters. The van der Waals surface area contributed by atoms with E-state index in [2.05, 4.69) is 24.3 Å². The topological polar surface area (TPSA) is 64.0 Å². The van der Waals surface area contributed by atoms with Crippen LogP contribution >= 0.6 is 11.6 Å². The van der Waals surface area contributed by atoms with Gasteiger partial charge < -0.3 is 15.1 Å². The Hall–Kier alpha value is -1.92. The van der Waals surface area contributed by atoms with Gasteiger partial charge in [-0.25, -0.2) is 0 Å². The number of aliphatic hydroxyl groups excluding tert-OH is 2. The lowest BCUT2D eigenvalue weighted by molar-refractivity contribution is 0.0648. The summed E-state index contributed by atoms with van der Waals surface area (Å²) in [5.41, 5.74) is 3.23. The first kappa shape index (κ1) is 23.7. The number of halogens is 1. The molecule has 0 unspecified atom stereocenters. The maximum absolute atomic E-state index is 12.8. The number of amides is 1. The Morgan fingerprint density at radius 1 is 1.03 bits per heavy atom. The van der Waals surface area contributed by atoms with Crippen molar-refractivity contribution in [3.05, 3.63) is 70.2 Å². The van der Waals surface area contributed by atoms with Gasteiger partial charge in [0.1, 0.15) is 0 Å². The molecule has 0 aliphatic heterocycles. The molecule has 0 heterocycles. The molecule has 1 aliphatic carbocycles. The number of aliphatic hydroxyl groups is 2. The molecule has 0 radical (unpaired) electrons. The third-order valence-electron chi connectivity index (χ3n) is 6.29. The van der Waals surface area contributed by atoms with Gasteiger partial charge >= 0.3 is 0 Å². The summed E-state index contributed by atoms with van der Waals surface area (Å²) in [4.78, 5) is 16.7. The number of rotatable bonds is 8. The van der Waals surface area contributed by atoms with Gasteiger partial charge in [-0.2, -0.15) is 0 Å². The molecule has 3 rings (SSSR count). The summed E-state index contributed by atoms with van der Waals surface area (Å²) in [7, 11) is 3.84. The van der Waals surface area contributed by atoms with Crippen LogP contribution < -0.4 is 0 Å². The Labute approximate surface area is 190 Å². The Balaban J connectivity index is 1.51. The molecule has 0 spiro atoms. The van der Waals surface area contributed by atoms with Crippen molar-refractivity contribution < 1.29 is 15.0 Å². The molecule has 1 saturated carbocycles. The van der Waals surface area contributed by atoms with E-state index in [1.807, 2.05) is 23.9 Å². The summed E-state index contributed by atoms with van der Waals surface area (Å²) in [5.74, 6) is 0.582. The Kier molecular flexibility index (Phi) is 8.50. The first-order chi connectivity index (χ1) is 14.9. The molecule has 6 heteroatoms. The van der Waals surface area contributed by atoms with Gasteiger partial charge in [0.2, 0.25) is 0 Å². The molecule has 0 bridgehead atoms. The standard InChI is InChI=1S/C25H33ClN2O3/c1-27(16-24(30)17-29)15-18-3-5-19(6-4-18)20-9-13-23(14-10-20)28(2)25(31)21-7-11-22(26)12-8-21/h3-8,11-12,20,23-24,29-30H,9-10,13-17H2,1-2H3/t20-,23-,24-/m0/s1. The van der Waals surface area contributed by atoms with Crippen molar-refractivity contribution in [3.8, 4) is 0 Å². The van der Waals surface area contributed by atoms with E-state index >= 15 is 0 Å². The summed E-state index contributed by atoms with van der Waals surface area (Å²) in [6, 6.07) is 16.1. The van der Waals surface area contributed by atoms with Crippen molar-refractivity contribution in [1.82, 2.24) is 9.80 Å². The van der Waals surface area contributed by atoms with E-state index < -0.39 is 6.10 Å². The second-order valence-corrected chi connectivity index (χ2v) is 9.14. The molecule has 0 aromatic heterocycles. The largest absolute Gasteiger partial charge is 0.394 e. The molecule has 5 nitrogen and oxygen atoms in total. The highest BCUT2D eigenvalue weighted by molar-refractivity contribution is 6.30. The molecule has 2 aromatic carbocycles.